The van der Waals surface area contributed by atoms with Gasteiger partial charge in [0.15, 0.2) is 0 Å². The molecule has 168 valence electrons. The van der Waals surface area contributed by atoms with Crippen LogP contribution in [0.25, 0.3) is 0 Å². The van der Waals surface area contributed by atoms with Gasteiger partial charge in [-0.3, -0.25) is 9.10 Å². The van der Waals surface area contributed by atoms with Gasteiger partial charge in [-0.25, -0.2) is 8.42 Å². The second-order valence-corrected chi connectivity index (χ2v) is 10.7. The summed E-state index contributed by atoms with van der Waals surface area (Å²) in [7, 11) is -3.90. The number of sulfonamides is 1. The largest absolute Gasteiger partial charge is 0.354 e. The van der Waals surface area contributed by atoms with Crippen molar-refractivity contribution in [1.29, 1.82) is 0 Å². The standard InChI is InChI=1S/C25H28N2O3S2/c1-19-8-12-22(13-9-19)31-17-16-26-25(28)18-27(24-7-5-4-6-21(24)3)32(29,30)23-14-10-20(2)11-15-23/h4-15H,16-18H2,1-3H3,(H,26,28). The molecule has 3 rings (SSSR count). The van der Waals surface area contributed by atoms with E-state index in [-0.39, 0.29) is 17.3 Å². The highest BCUT2D eigenvalue weighted by Crippen LogP contribution is 2.26. The van der Waals surface area contributed by atoms with E-state index in [0.29, 0.717) is 18.0 Å². The Hall–Kier alpha value is -2.77. The first-order chi connectivity index (χ1) is 15.3. The van der Waals surface area contributed by atoms with Gasteiger partial charge in [-0.15, -0.1) is 11.8 Å². The zero-order valence-corrected chi connectivity index (χ0v) is 20.2. The van der Waals surface area contributed by atoms with E-state index >= 15 is 0 Å². The summed E-state index contributed by atoms with van der Waals surface area (Å²) in [6.45, 7) is 5.94. The van der Waals surface area contributed by atoms with Crippen molar-refractivity contribution >= 4 is 33.4 Å². The summed E-state index contributed by atoms with van der Waals surface area (Å²) >= 11 is 1.65. The van der Waals surface area contributed by atoms with Crippen molar-refractivity contribution in [2.24, 2.45) is 0 Å². The molecule has 0 aliphatic rings. The van der Waals surface area contributed by atoms with Gasteiger partial charge in [-0.2, -0.15) is 0 Å². The molecule has 3 aromatic carbocycles. The van der Waals surface area contributed by atoms with Crippen LogP contribution in [-0.2, 0) is 14.8 Å². The van der Waals surface area contributed by atoms with E-state index in [0.717, 1.165) is 16.0 Å². The van der Waals surface area contributed by atoms with Crippen molar-refractivity contribution in [2.45, 2.75) is 30.6 Å². The first-order valence-electron chi connectivity index (χ1n) is 10.4. The normalized spacial score (nSPS) is 11.2. The smallest absolute Gasteiger partial charge is 0.264 e. The van der Waals surface area contributed by atoms with E-state index in [9.17, 15) is 13.2 Å². The summed E-state index contributed by atoms with van der Waals surface area (Å²) < 4.78 is 28.0. The predicted octanol–water partition coefficient (Wildman–Crippen LogP) is 4.72. The van der Waals surface area contributed by atoms with Gasteiger partial charge in [0.2, 0.25) is 5.91 Å². The van der Waals surface area contributed by atoms with Crippen molar-refractivity contribution in [1.82, 2.24) is 5.32 Å². The minimum atomic E-state index is -3.90. The maximum atomic E-state index is 13.4. The number of nitrogens with zero attached hydrogens (tertiary/aromatic N) is 1. The fraction of sp³-hybridized carbons (Fsp3) is 0.240. The third-order valence-corrected chi connectivity index (χ3v) is 7.78. The molecule has 0 spiro atoms. The monoisotopic (exact) mass is 468 g/mol. The van der Waals surface area contributed by atoms with Crippen molar-refractivity contribution in [3.05, 3.63) is 89.5 Å². The lowest BCUT2D eigenvalue weighted by atomic mass is 10.2. The number of amides is 1. The molecule has 1 N–H and O–H groups in total. The minimum Gasteiger partial charge on any atom is -0.354 e. The number of anilines is 1. The fourth-order valence-electron chi connectivity index (χ4n) is 3.16. The second-order valence-electron chi connectivity index (χ2n) is 7.62. The van der Waals surface area contributed by atoms with Gasteiger partial charge in [0, 0.05) is 17.2 Å². The van der Waals surface area contributed by atoms with Gasteiger partial charge in [0.05, 0.1) is 10.6 Å². The zero-order valence-electron chi connectivity index (χ0n) is 18.5. The van der Waals surface area contributed by atoms with E-state index < -0.39 is 10.0 Å². The van der Waals surface area contributed by atoms with Crippen LogP contribution < -0.4 is 9.62 Å². The molecular weight excluding hydrogens is 440 g/mol. The van der Waals surface area contributed by atoms with E-state index in [1.165, 1.54) is 9.87 Å². The van der Waals surface area contributed by atoms with Crippen LogP contribution in [0.15, 0.2) is 82.6 Å². The third-order valence-electron chi connectivity index (χ3n) is 4.99. The quantitative estimate of drug-likeness (QED) is 0.365. The Bertz CT molecular complexity index is 1160. The number of rotatable bonds is 9. The number of hydrogen-bond donors (Lipinski definition) is 1. The fourth-order valence-corrected chi connectivity index (χ4v) is 5.41. The number of carbonyl (C=O) groups excluding carboxylic acids is 1. The lowest BCUT2D eigenvalue weighted by molar-refractivity contribution is -0.119. The van der Waals surface area contributed by atoms with E-state index in [4.69, 9.17) is 0 Å². The highest BCUT2D eigenvalue weighted by atomic mass is 32.2. The third kappa shape index (κ3) is 6.14. The SMILES string of the molecule is Cc1ccc(SCCNC(=O)CN(c2ccccc2C)S(=O)(=O)c2ccc(C)cc2)cc1. The van der Waals surface area contributed by atoms with Crippen molar-refractivity contribution in [3.63, 3.8) is 0 Å². The Balaban J connectivity index is 1.71. The van der Waals surface area contributed by atoms with E-state index in [1.54, 1.807) is 48.2 Å². The van der Waals surface area contributed by atoms with Crippen LogP contribution in [0.5, 0.6) is 0 Å². The Kier molecular flexibility index (Phi) is 7.99. The number of aryl methyl sites for hydroxylation is 3. The van der Waals surface area contributed by atoms with Crippen LogP contribution in [-0.4, -0.2) is 33.2 Å². The molecule has 0 saturated carbocycles. The maximum Gasteiger partial charge on any atom is 0.264 e. The molecule has 0 aromatic heterocycles. The predicted molar refractivity (Wildman–Crippen MR) is 132 cm³/mol. The van der Waals surface area contributed by atoms with Crippen LogP contribution in [0.1, 0.15) is 16.7 Å². The molecule has 0 radical (unpaired) electrons. The second kappa shape index (κ2) is 10.7. The van der Waals surface area contributed by atoms with Crippen LogP contribution in [0.4, 0.5) is 5.69 Å². The van der Waals surface area contributed by atoms with Crippen LogP contribution in [0.3, 0.4) is 0 Å². The number of nitrogens with one attached hydrogen (secondary N) is 1. The summed E-state index contributed by atoms with van der Waals surface area (Å²) in [6.07, 6.45) is 0. The Labute approximate surface area is 194 Å². The highest BCUT2D eigenvalue weighted by molar-refractivity contribution is 7.99. The molecule has 0 bridgehead atoms. The average Bonchev–Trinajstić information content (AvgIpc) is 2.77. The number of para-hydroxylation sites is 1. The summed E-state index contributed by atoms with van der Waals surface area (Å²) in [5, 5.41) is 2.85. The number of carbonyl (C=O) groups is 1. The average molecular weight is 469 g/mol. The summed E-state index contributed by atoms with van der Waals surface area (Å²) in [4.78, 5) is 14.0. The van der Waals surface area contributed by atoms with Crippen LogP contribution >= 0.6 is 11.8 Å². The lowest BCUT2D eigenvalue weighted by Gasteiger charge is -2.25. The summed E-state index contributed by atoms with van der Waals surface area (Å²) in [5.74, 6) is 0.359. The Morgan fingerprint density at radius 3 is 2.09 bits per heavy atom. The molecule has 3 aromatic rings. The number of hydrogen-bond acceptors (Lipinski definition) is 4. The molecule has 5 nitrogen and oxygen atoms in total. The van der Waals surface area contributed by atoms with Gasteiger partial charge in [-0.05, 0) is 56.7 Å². The first-order valence-corrected chi connectivity index (χ1v) is 12.8. The molecule has 0 aliphatic heterocycles. The van der Waals surface area contributed by atoms with Crippen molar-refractivity contribution in [3.8, 4) is 0 Å². The summed E-state index contributed by atoms with van der Waals surface area (Å²) in [5.41, 5.74) is 3.45. The van der Waals surface area contributed by atoms with E-state index in [2.05, 4.69) is 29.6 Å². The maximum absolute atomic E-state index is 13.4. The van der Waals surface area contributed by atoms with Gasteiger partial charge in [-0.1, -0.05) is 53.6 Å². The van der Waals surface area contributed by atoms with Gasteiger partial charge in [0.1, 0.15) is 6.54 Å². The molecule has 0 unspecified atom stereocenters. The van der Waals surface area contributed by atoms with Gasteiger partial charge < -0.3 is 5.32 Å². The molecular formula is C25H28N2O3S2. The lowest BCUT2D eigenvalue weighted by Crippen LogP contribution is -2.41. The molecule has 7 heteroatoms. The Morgan fingerprint density at radius 1 is 0.875 bits per heavy atom. The van der Waals surface area contributed by atoms with Crippen LogP contribution in [0.2, 0.25) is 0 Å². The van der Waals surface area contributed by atoms with Crippen molar-refractivity contribution < 1.29 is 13.2 Å². The van der Waals surface area contributed by atoms with Gasteiger partial charge in [0.25, 0.3) is 10.0 Å². The molecule has 32 heavy (non-hydrogen) atoms. The molecule has 0 heterocycles. The van der Waals surface area contributed by atoms with Crippen LogP contribution in [0, 0.1) is 20.8 Å². The van der Waals surface area contributed by atoms with Gasteiger partial charge >= 0.3 is 0 Å². The molecule has 0 aliphatic carbocycles. The molecule has 0 atom stereocenters. The number of benzene rings is 3. The summed E-state index contributed by atoms with van der Waals surface area (Å²) in [6, 6.07) is 22.0. The number of thioether (sulfide) groups is 1. The molecule has 1 amide bonds. The molecule has 0 fully saturated rings. The highest BCUT2D eigenvalue weighted by Gasteiger charge is 2.28. The Morgan fingerprint density at radius 2 is 1.47 bits per heavy atom. The zero-order chi connectivity index (χ0) is 23.1. The van der Waals surface area contributed by atoms with E-state index in [1.807, 2.05) is 32.9 Å². The first kappa shape index (κ1) is 23.9. The minimum absolute atomic E-state index is 0.161. The molecule has 0 saturated heterocycles. The van der Waals surface area contributed by atoms with Crippen molar-refractivity contribution in [2.75, 3.05) is 23.1 Å². The topological polar surface area (TPSA) is 66.5 Å².